The van der Waals surface area contributed by atoms with Gasteiger partial charge in [-0.3, -0.25) is 9.78 Å². The summed E-state index contributed by atoms with van der Waals surface area (Å²) in [4.78, 5) is 25.9. The van der Waals surface area contributed by atoms with E-state index < -0.39 is 21.0 Å². The van der Waals surface area contributed by atoms with Gasteiger partial charge >= 0.3 is 0 Å². The lowest BCUT2D eigenvalue weighted by atomic mass is 9.73. The van der Waals surface area contributed by atoms with Crippen molar-refractivity contribution in [1.29, 1.82) is 5.26 Å². The highest BCUT2D eigenvalue weighted by molar-refractivity contribution is 7.93. The number of carbonyl (C=O) groups excluding carboxylic acids is 1. The van der Waals surface area contributed by atoms with Crippen molar-refractivity contribution in [3.8, 4) is 27.1 Å². The highest BCUT2D eigenvalue weighted by Gasteiger charge is 2.47. The summed E-state index contributed by atoms with van der Waals surface area (Å²) in [7, 11) is -0.443. The Bertz CT molecular complexity index is 1600. The van der Waals surface area contributed by atoms with Crippen LogP contribution in [0.15, 0.2) is 47.1 Å². The van der Waals surface area contributed by atoms with Gasteiger partial charge in [0.05, 0.1) is 28.3 Å². The van der Waals surface area contributed by atoms with Gasteiger partial charge < -0.3 is 4.90 Å². The summed E-state index contributed by atoms with van der Waals surface area (Å²) in [6.45, 7) is 1.40. The van der Waals surface area contributed by atoms with Gasteiger partial charge in [-0.25, -0.2) is 17.9 Å². The number of nitriles is 1. The summed E-state index contributed by atoms with van der Waals surface area (Å²) in [5, 5.41) is 10.3. The molecule has 10 heteroatoms. The van der Waals surface area contributed by atoms with Gasteiger partial charge in [0.15, 0.2) is 0 Å². The fourth-order valence-corrected chi connectivity index (χ4v) is 8.92. The molecule has 41 heavy (non-hydrogen) atoms. The second-order valence-electron chi connectivity index (χ2n) is 11.6. The maximum absolute atomic E-state index is 14.1. The van der Waals surface area contributed by atoms with E-state index in [2.05, 4.69) is 44.6 Å². The summed E-state index contributed by atoms with van der Waals surface area (Å²) in [6.07, 6.45) is 8.43. The second-order valence-corrected chi connectivity index (χ2v) is 15.3. The van der Waals surface area contributed by atoms with E-state index in [1.54, 1.807) is 13.2 Å². The van der Waals surface area contributed by atoms with Crippen molar-refractivity contribution in [2.24, 2.45) is 15.7 Å². The third-order valence-electron chi connectivity index (χ3n) is 8.93. The van der Waals surface area contributed by atoms with Crippen molar-refractivity contribution in [2.45, 2.75) is 50.9 Å². The normalized spacial score (nSPS) is 23.0. The summed E-state index contributed by atoms with van der Waals surface area (Å²) >= 11 is 1.51. The van der Waals surface area contributed by atoms with Crippen molar-refractivity contribution >= 4 is 32.5 Å². The lowest BCUT2D eigenvalue weighted by molar-refractivity contribution is -0.125. The largest absolute Gasteiger partial charge is 0.370 e. The van der Waals surface area contributed by atoms with E-state index in [1.165, 1.54) is 23.6 Å². The van der Waals surface area contributed by atoms with Gasteiger partial charge in [-0.1, -0.05) is 25.0 Å². The molecule has 2 saturated carbocycles. The molecule has 2 aromatic heterocycles. The van der Waals surface area contributed by atoms with E-state index in [4.69, 9.17) is 4.98 Å². The number of anilines is 1. The van der Waals surface area contributed by atoms with Crippen LogP contribution in [0.5, 0.6) is 0 Å². The van der Waals surface area contributed by atoms with Crippen molar-refractivity contribution in [1.82, 2.24) is 9.97 Å². The molecule has 0 spiro atoms. The molecular formula is C31H34FN5O2S2. The molecule has 3 heterocycles. The van der Waals surface area contributed by atoms with Gasteiger partial charge in [0.2, 0.25) is 0 Å². The van der Waals surface area contributed by atoms with Crippen LogP contribution in [0.4, 0.5) is 10.1 Å². The third kappa shape index (κ3) is 5.80. The summed E-state index contributed by atoms with van der Waals surface area (Å²) < 4.78 is 30.9. The summed E-state index contributed by atoms with van der Waals surface area (Å²) in [5.74, 6) is 0.695. The number of ketones is 1. The highest BCUT2D eigenvalue weighted by atomic mass is 32.2. The lowest BCUT2D eigenvalue weighted by Gasteiger charge is -2.31. The molecule has 2 aliphatic carbocycles. The van der Waals surface area contributed by atoms with Crippen LogP contribution in [-0.4, -0.2) is 51.6 Å². The Labute approximate surface area is 245 Å². The minimum absolute atomic E-state index is 0.0417. The van der Waals surface area contributed by atoms with Crippen LogP contribution < -0.4 is 4.90 Å². The number of Topliss-reactive ketones (excluding diaryl/α,β-unsaturated/α-hetero) is 1. The zero-order valence-corrected chi connectivity index (χ0v) is 24.9. The zero-order valence-electron chi connectivity index (χ0n) is 23.2. The molecule has 7 nitrogen and oxygen atoms in total. The molecule has 0 amide bonds. The van der Waals surface area contributed by atoms with Crippen LogP contribution in [0, 0.1) is 28.5 Å². The number of rotatable bonds is 7. The first-order valence-corrected chi connectivity index (χ1v) is 17.0. The third-order valence-corrected chi connectivity index (χ3v) is 12.4. The Morgan fingerprint density at radius 3 is 2.56 bits per heavy atom. The number of pyridine rings is 1. The molecule has 1 saturated heterocycles. The van der Waals surface area contributed by atoms with E-state index in [0.29, 0.717) is 41.6 Å². The average Bonchev–Trinajstić information content (AvgIpc) is 3.64. The van der Waals surface area contributed by atoms with Crippen molar-refractivity contribution in [2.75, 3.05) is 36.5 Å². The smallest absolute Gasteiger partial charge is 0.142 e. The Morgan fingerprint density at radius 2 is 1.90 bits per heavy atom. The van der Waals surface area contributed by atoms with Crippen LogP contribution in [0.1, 0.15) is 56.6 Å². The fourth-order valence-electron chi connectivity index (χ4n) is 6.21. The molecule has 0 unspecified atom stereocenters. The van der Waals surface area contributed by atoms with E-state index in [9.17, 15) is 18.7 Å². The summed E-state index contributed by atoms with van der Waals surface area (Å²) in [6, 6.07) is 12.2. The Balaban J connectivity index is 1.34. The van der Waals surface area contributed by atoms with Crippen molar-refractivity contribution < 1.29 is 13.4 Å². The molecule has 0 bridgehead atoms. The Kier molecular flexibility index (Phi) is 7.68. The lowest BCUT2D eigenvalue weighted by Crippen LogP contribution is -2.40. The predicted molar refractivity (Wildman–Crippen MR) is 161 cm³/mol. The monoisotopic (exact) mass is 591 g/mol. The Morgan fingerprint density at radius 1 is 1.17 bits per heavy atom. The van der Waals surface area contributed by atoms with Gasteiger partial charge in [-0.15, -0.1) is 11.3 Å². The van der Waals surface area contributed by atoms with E-state index in [1.807, 2.05) is 0 Å². The maximum atomic E-state index is 14.1. The first-order valence-electron chi connectivity index (χ1n) is 14.3. The molecule has 1 aliphatic heterocycles. The number of halogens is 1. The SMILES string of the molecule is CN=S1(=O)CCN(c2ccc(-c3sc(-c4cncc(F)c4)nc3[C@@H]3CCCC[C@H]3C(=O)CC3(C#N)CC3)cc2)CC1. The molecule has 2 atom stereocenters. The van der Waals surface area contributed by atoms with Crippen molar-refractivity contribution in [3.05, 3.63) is 54.2 Å². The van der Waals surface area contributed by atoms with Crippen LogP contribution in [0.3, 0.4) is 0 Å². The number of carbonyl (C=O) groups is 1. The van der Waals surface area contributed by atoms with Gasteiger partial charge in [0.1, 0.15) is 16.6 Å². The molecule has 3 fully saturated rings. The quantitative estimate of drug-likeness (QED) is 0.312. The van der Waals surface area contributed by atoms with Crippen LogP contribution in [0.2, 0.25) is 0 Å². The zero-order chi connectivity index (χ0) is 28.6. The number of hydrogen-bond acceptors (Lipinski definition) is 8. The standard InChI is InChI=1S/C31H34FN5O2S2/c1-34-41(39)14-12-37(13-15-41)24-8-6-21(7-9-24)29-28(36-30(40-29)22-16-23(32)19-35-18-22)26-5-3-2-4-25(26)27(38)17-31(20-33)10-11-31/h6-9,16,18-19,25-26H,2-5,10-15,17H2,1H3/t25-,26-/m1/s1. The highest BCUT2D eigenvalue weighted by Crippen LogP contribution is 2.51. The average molecular weight is 592 g/mol. The van der Waals surface area contributed by atoms with Crippen LogP contribution in [0.25, 0.3) is 21.0 Å². The number of aromatic nitrogens is 2. The van der Waals surface area contributed by atoms with Gasteiger partial charge in [-0.05, 0) is 49.4 Å². The molecule has 0 radical (unpaired) electrons. The van der Waals surface area contributed by atoms with Gasteiger partial charge in [0.25, 0.3) is 0 Å². The predicted octanol–water partition coefficient (Wildman–Crippen LogP) is 6.47. The summed E-state index contributed by atoms with van der Waals surface area (Å²) in [5.41, 5.74) is 3.13. The van der Waals surface area contributed by atoms with E-state index in [-0.39, 0.29) is 17.6 Å². The topological polar surface area (TPSA) is 99.3 Å². The maximum Gasteiger partial charge on any atom is 0.142 e. The van der Waals surface area contributed by atoms with E-state index >= 15 is 0 Å². The Hall–Kier alpha value is -3.16. The molecule has 1 aromatic carbocycles. The minimum Gasteiger partial charge on any atom is -0.370 e. The first-order chi connectivity index (χ1) is 19.8. The van der Waals surface area contributed by atoms with E-state index in [0.717, 1.165) is 60.3 Å². The molecule has 214 valence electrons. The molecule has 3 aromatic rings. The minimum atomic E-state index is -2.09. The van der Waals surface area contributed by atoms with Crippen molar-refractivity contribution in [3.63, 3.8) is 0 Å². The van der Waals surface area contributed by atoms with Gasteiger partial charge in [0, 0.05) is 77.1 Å². The molecule has 6 rings (SSSR count). The number of nitrogens with zero attached hydrogens (tertiary/aromatic N) is 5. The number of thiazole rings is 1. The number of benzene rings is 1. The molecular weight excluding hydrogens is 558 g/mol. The fraction of sp³-hybridized carbons (Fsp3) is 0.484. The number of hydrogen-bond donors (Lipinski definition) is 0. The molecule has 0 N–H and O–H groups in total. The molecule has 3 aliphatic rings. The van der Waals surface area contributed by atoms with Crippen LogP contribution >= 0.6 is 11.3 Å². The first kappa shape index (κ1) is 28.0. The van der Waals surface area contributed by atoms with Gasteiger partial charge in [-0.2, -0.15) is 5.26 Å². The second kappa shape index (κ2) is 11.3. The van der Waals surface area contributed by atoms with Crippen LogP contribution in [-0.2, 0) is 14.5 Å².